The smallest absolute Gasteiger partial charge is 0.208 e. The van der Waals surface area contributed by atoms with Gasteiger partial charge in [-0.05, 0) is 26.3 Å². The molecule has 1 N–H and O–H groups in total. The molecule has 1 heterocycles. The molecule has 3 nitrogen and oxygen atoms in total. The summed E-state index contributed by atoms with van der Waals surface area (Å²) in [6.45, 7) is 7.65. The van der Waals surface area contributed by atoms with Gasteiger partial charge in [-0.15, -0.1) is 0 Å². The molecule has 0 radical (unpaired) electrons. The third kappa shape index (κ3) is 3.43. The molecule has 0 spiro atoms. The van der Waals surface area contributed by atoms with E-state index >= 15 is 0 Å². The number of benzene rings is 1. The zero-order valence-electron chi connectivity index (χ0n) is 10.6. The third-order valence-corrected chi connectivity index (χ3v) is 2.56. The fourth-order valence-electron chi connectivity index (χ4n) is 1.97. The number of hydrogen-bond acceptors (Lipinski definition) is 3. The number of nitrogens with zero attached hydrogens (tertiary/aromatic N) is 1. The number of oxazole rings is 1. The summed E-state index contributed by atoms with van der Waals surface area (Å²) in [5.74, 6) is 1.60. The van der Waals surface area contributed by atoms with E-state index < -0.39 is 0 Å². The van der Waals surface area contributed by atoms with Gasteiger partial charge in [0.1, 0.15) is 5.76 Å². The van der Waals surface area contributed by atoms with Crippen LogP contribution < -0.4 is 5.32 Å². The molecule has 0 bridgehead atoms. The molecule has 90 valence electrons. The molecule has 0 aliphatic carbocycles. The highest BCUT2D eigenvalue weighted by Crippen LogP contribution is 2.09. The van der Waals surface area contributed by atoms with E-state index in [9.17, 15) is 0 Å². The van der Waals surface area contributed by atoms with Gasteiger partial charge in [0.15, 0.2) is 0 Å². The van der Waals surface area contributed by atoms with Gasteiger partial charge in [-0.1, -0.05) is 29.3 Å². The fourth-order valence-corrected chi connectivity index (χ4v) is 1.97. The number of nitrogens with one attached hydrogen (secondary N) is 1. The van der Waals surface area contributed by atoms with Gasteiger partial charge in [0.25, 0.3) is 0 Å². The summed E-state index contributed by atoms with van der Waals surface area (Å²) in [4.78, 5) is 4.15. The van der Waals surface area contributed by atoms with Crippen LogP contribution in [0.2, 0.25) is 0 Å². The van der Waals surface area contributed by atoms with Crippen molar-refractivity contribution in [1.82, 2.24) is 10.3 Å². The first-order chi connectivity index (χ1) is 8.13. The first kappa shape index (κ1) is 11.9. The highest BCUT2D eigenvalue weighted by molar-refractivity contribution is 5.28. The minimum absolute atomic E-state index is 0.667. The molecule has 0 aliphatic rings. The van der Waals surface area contributed by atoms with Gasteiger partial charge in [0.05, 0.1) is 12.7 Å². The Morgan fingerprint density at radius 3 is 2.35 bits per heavy atom. The first-order valence-corrected chi connectivity index (χ1v) is 5.82. The average molecular weight is 230 g/mol. The number of rotatable bonds is 4. The van der Waals surface area contributed by atoms with Crippen LogP contribution in [-0.4, -0.2) is 4.98 Å². The number of aryl methyl sites for hydroxylation is 3. The van der Waals surface area contributed by atoms with Crippen molar-refractivity contribution in [1.29, 1.82) is 0 Å². The maximum atomic E-state index is 5.40. The summed E-state index contributed by atoms with van der Waals surface area (Å²) in [5.41, 5.74) is 3.90. The van der Waals surface area contributed by atoms with Crippen LogP contribution in [-0.2, 0) is 13.1 Å². The van der Waals surface area contributed by atoms with E-state index in [-0.39, 0.29) is 0 Å². The first-order valence-electron chi connectivity index (χ1n) is 5.82. The minimum atomic E-state index is 0.667. The highest BCUT2D eigenvalue weighted by atomic mass is 16.4. The van der Waals surface area contributed by atoms with Gasteiger partial charge in [-0.2, -0.15) is 0 Å². The van der Waals surface area contributed by atoms with E-state index in [0.29, 0.717) is 6.54 Å². The van der Waals surface area contributed by atoms with Crippen LogP contribution in [0.4, 0.5) is 0 Å². The van der Waals surface area contributed by atoms with Crippen LogP contribution in [0.25, 0.3) is 0 Å². The third-order valence-electron chi connectivity index (χ3n) is 2.56. The van der Waals surface area contributed by atoms with Crippen molar-refractivity contribution in [2.24, 2.45) is 0 Å². The highest BCUT2D eigenvalue weighted by Gasteiger charge is 2.00. The molecule has 2 aromatic rings. The van der Waals surface area contributed by atoms with E-state index in [1.165, 1.54) is 16.7 Å². The largest absolute Gasteiger partial charge is 0.445 e. The van der Waals surface area contributed by atoms with Gasteiger partial charge < -0.3 is 9.73 Å². The van der Waals surface area contributed by atoms with Crippen LogP contribution in [0.15, 0.2) is 28.8 Å². The van der Waals surface area contributed by atoms with Gasteiger partial charge in [0, 0.05) is 6.54 Å². The topological polar surface area (TPSA) is 38.1 Å². The predicted molar refractivity (Wildman–Crippen MR) is 67.7 cm³/mol. The Kier molecular flexibility index (Phi) is 3.59. The zero-order valence-corrected chi connectivity index (χ0v) is 10.6. The Balaban J connectivity index is 1.89. The monoisotopic (exact) mass is 230 g/mol. The maximum absolute atomic E-state index is 5.40. The van der Waals surface area contributed by atoms with Crippen LogP contribution in [0.1, 0.15) is 28.3 Å². The maximum Gasteiger partial charge on any atom is 0.208 e. The molecule has 0 saturated heterocycles. The average Bonchev–Trinajstić information content (AvgIpc) is 2.63. The van der Waals surface area contributed by atoms with Crippen molar-refractivity contribution in [3.8, 4) is 0 Å². The lowest BCUT2D eigenvalue weighted by Crippen LogP contribution is -2.13. The SMILES string of the molecule is Cc1cc(C)cc(CNCc2ncc(C)o2)c1. The predicted octanol–water partition coefficient (Wildman–Crippen LogP) is 2.89. The fraction of sp³-hybridized carbons (Fsp3) is 0.357. The van der Waals surface area contributed by atoms with Crippen LogP contribution >= 0.6 is 0 Å². The Morgan fingerprint density at radius 1 is 1.06 bits per heavy atom. The van der Waals surface area contributed by atoms with Crippen LogP contribution in [0.5, 0.6) is 0 Å². The van der Waals surface area contributed by atoms with Crippen molar-refractivity contribution in [2.45, 2.75) is 33.9 Å². The van der Waals surface area contributed by atoms with Crippen molar-refractivity contribution >= 4 is 0 Å². The summed E-state index contributed by atoms with van der Waals surface area (Å²) in [6, 6.07) is 6.57. The summed E-state index contributed by atoms with van der Waals surface area (Å²) < 4.78 is 5.40. The lowest BCUT2D eigenvalue weighted by Gasteiger charge is -2.05. The summed E-state index contributed by atoms with van der Waals surface area (Å²) in [5, 5.41) is 3.33. The second kappa shape index (κ2) is 5.15. The summed E-state index contributed by atoms with van der Waals surface area (Å²) >= 11 is 0. The summed E-state index contributed by atoms with van der Waals surface area (Å²) in [6.07, 6.45) is 1.74. The van der Waals surface area contributed by atoms with Crippen LogP contribution in [0.3, 0.4) is 0 Å². The van der Waals surface area contributed by atoms with E-state index in [0.717, 1.165) is 18.2 Å². The van der Waals surface area contributed by atoms with Gasteiger partial charge in [-0.25, -0.2) is 4.98 Å². The Hall–Kier alpha value is -1.61. The second-order valence-electron chi connectivity index (χ2n) is 4.46. The van der Waals surface area contributed by atoms with Gasteiger partial charge >= 0.3 is 0 Å². The van der Waals surface area contributed by atoms with E-state index in [2.05, 4.69) is 42.3 Å². The van der Waals surface area contributed by atoms with Gasteiger partial charge in [0.2, 0.25) is 5.89 Å². The van der Waals surface area contributed by atoms with Gasteiger partial charge in [-0.3, -0.25) is 0 Å². The molecule has 0 fully saturated rings. The second-order valence-corrected chi connectivity index (χ2v) is 4.46. The van der Waals surface area contributed by atoms with Crippen molar-refractivity contribution < 1.29 is 4.42 Å². The Labute approximate surface area is 102 Å². The molecule has 3 heteroatoms. The van der Waals surface area contributed by atoms with E-state index in [1.54, 1.807) is 6.20 Å². The Bertz CT molecular complexity index is 482. The Morgan fingerprint density at radius 2 is 1.76 bits per heavy atom. The molecular formula is C14H18N2O. The molecule has 0 atom stereocenters. The molecule has 1 aromatic heterocycles. The van der Waals surface area contributed by atoms with E-state index in [4.69, 9.17) is 4.42 Å². The lowest BCUT2D eigenvalue weighted by atomic mass is 10.1. The van der Waals surface area contributed by atoms with E-state index in [1.807, 2.05) is 6.92 Å². The van der Waals surface area contributed by atoms with Crippen molar-refractivity contribution in [2.75, 3.05) is 0 Å². The number of aromatic nitrogens is 1. The normalized spacial score (nSPS) is 10.8. The summed E-state index contributed by atoms with van der Waals surface area (Å²) in [7, 11) is 0. The molecule has 17 heavy (non-hydrogen) atoms. The molecule has 0 saturated carbocycles. The molecule has 0 amide bonds. The zero-order chi connectivity index (χ0) is 12.3. The molecule has 0 unspecified atom stereocenters. The van der Waals surface area contributed by atoms with Crippen LogP contribution in [0, 0.1) is 20.8 Å². The molecule has 1 aromatic carbocycles. The lowest BCUT2D eigenvalue weighted by molar-refractivity contribution is 0.449. The molecular weight excluding hydrogens is 212 g/mol. The van der Waals surface area contributed by atoms with Crippen molar-refractivity contribution in [3.05, 3.63) is 52.7 Å². The number of hydrogen-bond donors (Lipinski definition) is 1. The quantitative estimate of drug-likeness (QED) is 0.877. The molecule has 0 aliphatic heterocycles. The molecule has 2 rings (SSSR count). The van der Waals surface area contributed by atoms with Crippen molar-refractivity contribution in [3.63, 3.8) is 0 Å². The standard InChI is InChI=1S/C14H18N2O/c1-10-4-11(2)6-13(5-10)8-15-9-14-16-7-12(3)17-14/h4-7,15H,8-9H2,1-3H3. The minimum Gasteiger partial charge on any atom is -0.445 e.